The number of halogens is 1. The maximum atomic E-state index is 12.9. The van der Waals surface area contributed by atoms with Crippen LogP contribution in [0.15, 0.2) is 47.0 Å². The zero-order chi connectivity index (χ0) is 21.5. The zero-order valence-electron chi connectivity index (χ0n) is 16.4. The van der Waals surface area contributed by atoms with E-state index in [1.54, 1.807) is 25.3 Å². The molecule has 30 heavy (non-hydrogen) atoms. The van der Waals surface area contributed by atoms with E-state index < -0.39 is 11.8 Å². The molecule has 156 valence electrons. The SMILES string of the molecule is COc1ccc(-c2noc(COC(=O)CCC(=O)c3ccc(F)cc3)n2)c(OC)c1. The van der Waals surface area contributed by atoms with Crippen LogP contribution in [0.2, 0.25) is 0 Å². The second kappa shape index (κ2) is 9.64. The van der Waals surface area contributed by atoms with Crippen molar-refractivity contribution in [1.82, 2.24) is 10.1 Å². The van der Waals surface area contributed by atoms with Gasteiger partial charge in [-0.3, -0.25) is 9.59 Å². The average Bonchev–Trinajstić information content (AvgIpc) is 3.24. The van der Waals surface area contributed by atoms with Crippen LogP contribution in [-0.4, -0.2) is 36.1 Å². The van der Waals surface area contributed by atoms with Gasteiger partial charge in [-0.2, -0.15) is 4.98 Å². The number of Topliss-reactive ketones (excluding diaryl/α,β-unsaturated/α-hetero) is 1. The highest BCUT2D eigenvalue weighted by Gasteiger charge is 2.16. The van der Waals surface area contributed by atoms with Crippen molar-refractivity contribution >= 4 is 11.8 Å². The summed E-state index contributed by atoms with van der Waals surface area (Å²) in [6.45, 7) is -0.227. The van der Waals surface area contributed by atoms with Crippen LogP contribution < -0.4 is 9.47 Å². The number of benzene rings is 2. The molecule has 1 heterocycles. The van der Waals surface area contributed by atoms with Gasteiger partial charge in [-0.15, -0.1) is 0 Å². The summed E-state index contributed by atoms with van der Waals surface area (Å²) in [6, 6.07) is 10.3. The molecule has 1 aromatic heterocycles. The smallest absolute Gasteiger partial charge is 0.306 e. The number of esters is 1. The van der Waals surface area contributed by atoms with Crippen LogP contribution in [0.1, 0.15) is 29.1 Å². The molecule has 0 saturated heterocycles. The van der Waals surface area contributed by atoms with E-state index in [1.165, 1.54) is 31.4 Å². The quantitative estimate of drug-likeness (QED) is 0.387. The maximum absolute atomic E-state index is 12.9. The van der Waals surface area contributed by atoms with E-state index in [9.17, 15) is 14.0 Å². The molecule has 3 rings (SSSR count). The monoisotopic (exact) mass is 414 g/mol. The lowest BCUT2D eigenvalue weighted by Gasteiger charge is -2.07. The van der Waals surface area contributed by atoms with Crippen LogP contribution >= 0.6 is 0 Å². The van der Waals surface area contributed by atoms with Crippen molar-refractivity contribution in [3.8, 4) is 22.9 Å². The van der Waals surface area contributed by atoms with Crippen molar-refractivity contribution in [1.29, 1.82) is 0 Å². The van der Waals surface area contributed by atoms with Crippen LogP contribution in [0.4, 0.5) is 4.39 Å². The van der Waals surface area contributed by atoms with E-state index in [4.69, 9.17) is 18.7 Å². The molecule has 2 aromatic carbocycles. The number of nitrogens with zero attached hydrogens (tertiary/aromatic N) is 2. The minimum Gasteiger partial charge on any atom is -0.497 e. The summed E-state index contributed by atoms with van der Waals surface area (Å²) >= 11 is 0. The minimum absolute atomic E-state index is 0.0530. The highest BCUT2D eigenvalue weighted by Crippen LogP contribution is 2.31. The van der Waals surface area contributed by atoms with E-state index in [2.05, 4.69) is 10.1 Å². The fourth-order valence-corrected chi connectivity index (χ4v) is 2.62. The van der Waals surface area contributed by atoms with Gasteiger partial charge in [-0.05, 0) is 36.4 Å². The Balaban J connectivity index is 1.53. The van der Waals surface area contributed by atoms with Crippen LogP contribution in [0.3, 0.4) is 0 Å². The number of hydrogen-bond acceptors (Lipinski definition) is 8. The summed E-state index contributed by atoms with van der Waals surface area (Å²) in [7, 11) is 3.05. The number of ether oxygens (including phenoxy) is 3. The van der Waals surface area contributed by atoms with E-state index in [1.807, 2.05) is 0 Å². The molecule has 0 saturated carbocycles. The lowest BCUT2D eigenvalue weighted by Crippen LogP contribution is -2.08. The first-order valence-electron chi connectivity index (χ1n) is 8.99. The first-order chi connectivity index (χ1) is 14.5. The summed E-state index contributed by atoms with van der Waals surface area (Å²) in [6.07, 6.45) is -0.175. The van der Waals surface area contributed by atoms with Gasteiger partial charge < -0.3 is 18.7 Å². The van der Waals surface area contributed by atoms with Gasteiger partial charge in [0, 0.05) is 18.1 Å². The summed E-state index contributed by atoms with van der Waals surface area (Å²) < 4.78 is 33.5. The Kier molecular flexibility index (Phi) is 6.74. The molecular formula is C21H19FN2O6. The van der Waals surface area contributed by atoms with Crippen molar-refractivity contribution in [3.63, 3.8) is 0 Å². The molecule has 0 N–H and O–H groups in total. The van der Waals surface area contributed by atoms with E-state index in [-0.39, 0.29) is 36.9 Å². The van der Waals surface area contributed by atoms with Crippen molar-refractivity contribution < 1.29 is 32.7 Å². The predicted molar refractivity (Wildman–Crippen MR) is 103 cm³/mol. The molecule has 0 atom stereocenters. The molecule has 8 nitrogen and oxygen atoms in total. The highest BCUT2D eigenvalue weighted by molar-refractivity contribution is 5.97. The van der Waals surface area contributed by atoms with Gasteiger partial charge in [0.15, 0.2) is 12.4 Å². The largest absolute Gasteiger partial charge is 0.497 e. The number of methoxy groups -OCH3 is 2. The first-order valence-corrected chi connectivity index (χ1v) is 8.99. The fraction of sp³-hybridized carbons (Fsp3) is 0.238. The molecule has 0 unspecified atom stereocenters. The second-order valence-electron chi connectivity index (χ2n) is 6.17. The van der Waals surface area contributed by atoms with E-state index in [0.29, 0.717) is 22.6 Å². The highest BCUT2D eigenvalue weighted by atomic mass is 19.1. The van der Waals surface area contributed by atoms with Gasteiger partial charge in [0.05, 0.1) is 26.2 Å². The number of carbonyl (C=O) groups is 2. The molecule has 0 aliphatic carbocycles. The van der Waals surface area contributed by atoms with Crippen LogP contribution in [-0.2, 0) is 16.1 Å². The molecule has 9 heteroatoms. The number of aromatic nitrogens is 2. The molecule has 0 aliphatic heterocycles. The van der Waals surface area contributed by atoms with Crippen molar-refractivity contribution in [3.05, 3.63) is 59.7 Å². The van der Waals surface area contributed by atoms with Gasteiger partial charge in [0.1, 0.15) is 17.3 Å². The lowest BCUT2D eigenvalue weighted by atomic mass is 10.1. The molecule has 0 amide bonds. The normalized spacial score (nSPS) is 10.5. The van der Waals surface area contributed by atoms with Crippen molar-refractivity contribution in [2.45, 2.75) is 19.4 Å². The van der Waals surface area contributed by atoms with Gasteiger partial charge in [0.2, 0.25) is 5.82 Å². The fourth-order valence-electron chi connectivity index (χ4n) is 2.62. The second-order valence-corrected chi connectivity index (χ2v) is 6.17. The van der Waals surface area contributed by atoms with Crippen LogP contribution in [0, 0.1) is 5.82 Å². The standard InChI is InChI=1S/C21H19FN2O6/c1-27-15-7-8-16(18(11-15)28-2)21-23-19(30-24-21)12-29-20(26)10-9-17(25)13-3-5-14(22)6-4-13/h3-8,11H,9-10,12H2,1-2H3. The molecule has 3 aromatic rings. The third-order valence-corrected chi connectivity index (χ3v) is 4.20. The Labute approximate surface area is 171 Å². The van der Waals surface area contributed by atoms with Crippen molar-refractivity contribution in [2.24, 2.45) is 0 Å². The van der Waals surface area contributed by atoms with E-state index >= 15 is 0 Å². The Morgan fingerprint density at radius 2 is 1.80 bits per heavy atom. The Morgan fingerprint density at radius 1 is 1.03 bits per heavy atom. The molecule has 0 fully saturated rings. The third kappa shape index (κ3) is 5.19. The molecule has 0 radical (unpaired) electrons. The third-order valence-electron chi connectivity index (χ3n) is 4.20. The Morgan fingerprint density at radius 3 is 2.50 bits per heavy atom. The number of carbonyl (C=O) groups excluding carboxylic acids is 2. The van der Waals surface area contributed by atoms with Crippen LogP contribution in [0.25, 0.3) is 11.4 Å². The van der Waals surface area contributed by atoms with Crippen LogP contribution in [0.5, 0.6) is 11.5 Å². The number of hydrogen-bond donors (Lipinski definition) is 0. The summed E-state index contributed by atoms with van der Waals surface area (Å²) in [5, 5.41) is 3.87. The molecule has 0 bridgehead atoms. The molecule has 0 aliphatic rings. The summed E-state index contributed by atoms with van der Waals surface area (Å²) in [5.74, 6) is 0.178. The number of rotatable bonds is 9. The lowest BCUT2D eigenvalue weighted by molar-refractivity contribution is -0.145. The van der Waals surface area contributed by atoms with Gasteiger partial charge >= 0.3 is 5.97 Å². The van der Waals surface area contributed by atoms with Gasteiger partial charge in [-0.25, -0.2) is 4.39 Å². The maximum Gasteiger partial charge on any atom is 0.306 e. The van der Waals surface area contributed by atoms with Gasteiger partial charge in [0.25, 0.3) is 5.89 Å². The average molecular weight is 414 g/mol. The van der Waals surface area contributed by atoms with Gasteiger partial charge in [-0.1, -0.05) is 5.16 Å². The Bertz CT molecular complexity index is 1030. The van der Waals surface area contributed by atoms with E-state index in [0.717, 1.165) is 0 Å². The number of ketones is 1. The molecule has 0 spiro atoms. The minimum atomic E-state index is -0.591. The summed E-state index contributed by atoms with van der Waals surface area (Å²) in [5.41, 5.74) is 0.920. The zero-order valence-corrected chi connectivity index (χ0v) is 16.4. The molecular weight excluding hydrogens is 395 g/mol. The summed E-state index contributed by atoms with van der Waals surface area (Å²) in [4.78, 5) is 28.1. The first kappa shape index (κ1) is 21.0. The Hall–Kier alpha value is -3.75. The topological polar surface area (TPSA) is 101 Å². The van der Waals surface area contributed by atoms with Crippen molar-refractivity contribution in [2.75, 3.05) is 14.2 Å². The predicted octanol–water partition coefficient (Wildman–Crippen LogP) is 3.60.